The van der Waals surface area contributed by atoms with Gasteiger partial charge in [-0.25, -0.2) is 0 Å². The summed E-state index contributed by atoms with van der Waals surface area (Å²) in [7, 11) is -4.20. The molecule has 7 heteroatoms. The molecule has 0 radical (unpaired) electrons. The first kappa shape index (κ1) is 15.9. The maximum absolute atomic E-state index is 12.6. The second-order valence-corrected chi connectivity index (χ2v) is 6.74. The molecule has 6 nitrogen and oxygen atoms in total. The quantitative estimate of drug-likeness (QED) is 0.408. The third kappa shape index (κ3) is 2.93. The van der Waals surface area contributed by atoms with E-state index in [9.17, 15) is 18.5 Å². The number of nitro groups is 1. The van der Waals surface area contributed by atoms with Crippen molar-refractivity contribution in [2.75, 3.05) is 0 Å². The van der Waals surface area contributed by atoms with Gasteiger partial charge in [0.1, 0.15) is 4.90 Å². The van der Waals surface area contributed by atoms with Crippen LogP contribution in [0.5, 0.6) is 5.75 Å². The zero-order valence-electron chi connectivity index (χ0n) is 12.7. The lowest BCUT2D eigenvalue weighted by Gasteiger charge is -2.11. The van der Waals surface area contributed by atoms with Gasteiger partial charge in [-0.1, -0.05) is 42.5 Å². The van der Waals surface area contributed by atoms with Crippen LogP contribution in [0.3, 0.4) is 0 Å². The molecule has 0 aliphatic heterocycles. The molecule has 0 saturated heterocycles. The van der Waals surface area contributed by atoms with Gasteiger partial charge in [0.05, 0.1) is 4.92 Å². The molecule has 122 valence electrons. The van der Waals surface area contributed by atoms with Crippen molar-refractivity contribution in [2.24, 2.45) is 0 Å². The highest BCUT2D eigenvalue weighted by Crippen LogP contribution is 2.30. The molecule has 3 aromatic carbocycles. The van der Waals surface area contributed by atoms with E-state index in [4.69, 9.17) is 4.18 Å². The Kier molecular flexibility index (Phi) is 3.94. The first-order valence-electron chi connectivity index (χ1n) is 7.06. The highest BCUT2D eigenvalue weighted by molar-refractivity contribution is 7.87. The van der Waals surface area contributed by atoms with Gasteiger partial charge in [-0.2, -0.15) is 8.42 Å². The molecule has 0 aliphatic carbocycles. The maximum Gasteiger partial charge on any atom is 0.339 e. The van der Waals surface area contributed by atoms with Crippen molar-refractivity contribution >= 4 is 26.6 Å². The van der Waals surface area contributed by atoms with E-state index in [-0.39, 0.29) is 16.3 Å². The Balaban J connectivity index is 2.09. The molecule has 0 amide bonds. The van der Waals surface area contributed by atoms with E-state index < -0.39 is 15.0 Å². The number of hydrogen-bond donors (Lipinski definition) is 0. The van der Waals surface area contributed by atoms with Crippen molar-refractivity contribution in [3.8, 4) is 5.75 Å². The summed E-state index contributed by atoms with van der Waals surface area (Å²) in [4.78, 5) is 10.0. The lowest BCUT2D eigenvalue weighted by Crippen LogP contribution is -2.12. The Bertz CT molecular complexity index is 1040. The van der Waals surface area contributed by atoms with Gasteiger partial charge in [0, 0.05) is 17.5 Å². The fraction of sp³-hybridized carbons (Fsp3) is 0.0588. The number of fused-ring (bicyclic) bond motifs is 1. The highest BCUT2D eigenvalue weighted by Gasteiger charge is 2.23. The van der Waals surface area contributed by atoms with Crippen molar-refractivity contribution in [3.63, 3.8) is 0 Å². The maximum atomic E-state index is 12.6. The molecule has 24 heavy (non-hydrogen) atoms. The van der Waals surface area contributed by atoms with Gasteiger partial charge in [0.2, 0.25) is 0 Å². The largest absolute Gasteiger partial charge is 0.378 e. The molecule has 0 aromatic heterocycles. The van der Waals surface area contributed by atoms with Crippen molar-refractivity contribution in [3.05, 3.63) is 76.3 Å². The zero-order chi connectivity index (χ0) is 17.3. The summed E-state index contributed by atoms with van der Waals surface area (Å²) in [6.07, 6.45) is 0. The Labute approximate surface area is 138 Å². The van der Waals surface area contributed by atoms with Crippen molar-refractivity contribution in [1.29, 1.82) is 0 Å². The van der Waals surface area contributed by atoms with Crippen LogP contribution < -0.4 is 4.18 Å². The summed E-state index contributed by atoms with van der Waals surface area (Å²) < 4.78 is 30.5. The SMILES string of the molecule is Cc1ccc([N+](=O)[O-])cc1S(=O)(=O)Oc1cccc2ccccc12. The predicted octanol–water partition coefficient (Wildman–Crippen LogP) is 3.82. The molecule has 3 rings (SSSR count). The Hall–Kier alpha value is -2.93. The number of hydrogen-bond acceptors (Lipinski definition) is 5. The Morgan fingerprint density at radius 1 is 1.00 bits per heavy atom. The van der Waals surface area contributed by atoms with Crippen LogP contribution in [0.2, 0.25) is 0 Å². The van der Waals surface area contributed by atoms with Gasteiger partial charge in [0.25, 0.3) is 5.69 Å². The molecule has 0 atom stereocenters. The summed E-state index contributed by atoms with van der Waals surface area (Å²) in [6.45, 7) is 1.56. The van der Waals surface area contributed by atoms with Crippen LogP contribution in [0.25, 0.3) is 10.8 Å². The van der Waals surface area contributed by atoms with E-state index in [0.717, 1.165) is 11.5 Å². The van der Waals surface area contributed by atoms with Crippen molar-refractivity contribution < 1.29 is 17.5 Å². The zero-order valence-corrected chi connectivity index (χ0v) is 13.5. The molecule has 0 N–H and O–H groups in total. The van der Waals surface area contributed by atoms with E-state index in [1.54, 1.807) is 31.2 Å². The average Bonchev–Trinajstić information content (AvgIpc) is 2.55. The van der Waals surface area contributed by atoms with Crippen LogP contribution in [-0.2, 0) is 10.1 Å². The van der Waals surface area contributed by atoms with Crippen LogP contribution in [0.4, 0.5) is 5.69 Å². The van der Waals surface area contributed by atoms with E-state index in [2.05, 4.69) is 0 Å². The van der Waals surface area contributed by atoms with Crippen molar-refractivity contribution in [1.82, 2.24) is 0 Å². The van der Waals surface area contributed by atoms with Gasteiger partial charge in [-0.15, -0.1) is 0 Å². The minimum atomic E-state index is -4.20. The van der Waals surface area contributed by atoms with Crippen LogP contribution in [0.1, 0.15) is 5.56 Å². The van der Waals surface area contributed by atoms with Crippen LogP contribution in [0, 0.1) is 17.0 Å². The highest BCUT2D eigenvalue weighted by atomic mass is 32.2. The van der Waals surface area contributed by atoms with E-state index in [1.165, 1.54) is 12.1 Å². The molecule has 0 aliphatic rings. The van der Waals surface area contributed by atoms with Gasteiger partial charge >= 0.3 is 10.1 Å². The second kappa shape index (κ2) is 5.93. The van der Waals surface area contributed by atoms with Gasteiger partial charge in [-0.05, 0) is 23.9 Å². The van der Waals surface area contributed by atoms with Gasteiger partial charge in [0.15, 0.2) is 5.75 Å². The Morgan fingerprint density at radius 2 is 1.71 bits per heavy atom. The molecule has 0 spiro atoms. The number of nitro benzene ring substituents is 1. The summed E-state index contributed by atoms with van der Waals surface area (Å²) >= 11 is 0. The lowest BCUT2D eigenvalue weighted by atomic mass is 10.1. The van der Waals surface area contributed by atoms with Crippen LogP contribution in [0.15, 0.2) is 65.6 Å². The van der Waals surface area contributed by atoms with Gasteiger partial charge < -0.3 is 4.18 Å². The van der Waals surface area contributed by atoms with Gasteiger partial charge in [-0.3, -0.25) is 10.1 Å². The third-order valence-corrected chi connectivity index (χ3v) is 4.98. The molecule has 0 fully saturated rings. The summed E-state index contributed by atoms with van der Waals surface area (Å²) in [5, 5.41) is 12.4. The molecule has 0 heterocycles. The first-order chi connectivity index (χ1) is 11.4. The molecule has 3 aromatic rings. The topological polar surface area (TPSA) is 86.5 Å². The number of non-ortho nitro benzene ring substituents is 1. The minimum Gasteiger partial charge on any atom is -0.378 e. The first-order valence-corrected chi connectivity index (χ1v) is 8.46. The molecular weight excluding hydrogens is 330 g/mol. The van der Waals surface area contributed by atoms with E-state index in [0.29, 0.717) is 10.9 Å². The number of benzene rings is 3. The normalized spacial score (nSPS) is 11.4. The van der Waals surface area contributed by atoms with E-state index >= 15 is 0 Å². The smallest absolute Gasteiger partial charge is 0.339 e. The van der Waals surface area contributed by atoms with Crippen molar-refractivity contribution in [2.45, 2.75) is 11.8 Å². The van der Waals surface area contributed by atoms with Crippen LogP contribution >= 0.6 is 0 Å². The van der Waals surface area contributed by atoms with Crippen LogP contribution in [-0.4, -0.2) is 13.3 Å². The monoisotopic (exact) mass is 343 g/mol. The molecule has 0 bridgehead atoms. The summed E-state index contributed by atoms with van der Waals surface area (Å²) in [5.74, 6) is 0.180. The molecular formula is C17H13NO5S. The predicted molar refractivity (Wildman–Crippen MR) is 89.6 cm³/mol. The Morgan fingerprint density at radius 3 is 2.46 bits per heavy atom. The second-order valence-electron chi connectivity index (χ2n) is 5.22. The lowest BCUT2D eigenvalue weighted by molar-refractivity contribution is -0.385. The fourth-order valence-electron chi connectivity index (χ4n) is 2.40. The molecule has 0 unspecified atom stereocenters. The number of aryl methyl sites for hydroxylation is 1. The third-order valence-electron chi connectivity index (χ3n) is 3.60. The fourth-order valence-corrected chi connectivity index (χ4v) is 3.60. The van der Waals surface area contributed by atoms with E-state index in [1.807, 2.05) is 18.2 Å². The summed E-state index contributed by atoms with van der Waals surface area (Å²) in [6, 6.07) is 15.9. The number of rotatable bonds is 4. The number of nitrogens with zero attached hydrogens (tertiary/aromatic N) is 1. The average molecular weight is 343 g/mol. The molecule has 0 saturated carbocycles. The minimum absolute atomic E-state index is 0.180. The summed E-state index contributed by atoms with van der Waals surface area (Å²) in [5.41, 5.74) is 0.0709. The standard InChI is InChI=1S/C17H13NO5S/c1-12-9-10-14(18(19)20)11-17(12)24(21,22)23-16-8-4-6-13-5-2-3-7-15(13)16/h2-11H,1H3.